The molecule has 4 nitrogen and oxygen atoms in total. The molecule has 0 spiro atoms. The van der Waals surface area contributed by atoms with Gasteiger partial charge in [-0.3, -0.25) is 11.3 Å². The largest absolute Gasteiger partial charge is 0.496 e. The smallest absolute Gasteiger partial charge is 0.123 e. The van der Waals surface area contributed by atoms with Crippen LogP contribution in [-0.2, 0) is 4.74 Å². The van der Waals surface area contributed by atoms with Gasteiger partial charge >= 0.3 is 0 Å². The Kier molecular flexibility index (Phi) is 4.16. The summed E-state index contributed by atoms with van der Waals surface area (Å²) >= 11 is 0. The summed E-state index contributed by atoms with van der Waals surface area (Å²) < 4.78 is 24.2. The van der Waals surface area contributed by atoms with Gasteiger partial charge in [-0.2, -0.15) is 0 Å². The second-order valence-corrected chi connectivity index (χ2v) is 4.57. The van der Waals surface area contributed by atoms with Crippen molar-refractivity contribution in [2.24, 2.45) is 11.8 Å². The van der Waals surface area contributed by atoms with Crippen molar-refractivity contribution in [2.75, 3.05) is 14.2 Å². The first-order valence-corrected chi connectivity index (χ1v) is 6.03. The number of ether oxygens (including phenoxy) is 2. The fraction of sp³-hybridized carbons (Fsp3) is 0.538. The van der Waals surface area contributed by atoms with E-state index in [9.17, 15) is 4.39 Å². The fourth-order valence-corrected chi connectivity index (χ4v) is 2.34. The van der Waals surface area contributed by atoms with Crippen LogP contribution in [0.15, 0.2) is 18.2 Å². The molecule has 2 unspecified atom stereocenters. The van der Waals surface area contributed by atoms with Crippen LogP contribution in [0.1, 0.15) is 24.4 Å². The molecule has 1 aromatic carbocycles. The lowest BCUT2D eigenvalue weighted by Crippen LogP contribution is -2.39. The second kappa shape index (κ2) is 5.65. The molecule has 0 bridgehead atoms. The van der Waals surface area contributed by atoms with Crippen LogP contribution in [0.2, 0.25) is 0 Å². The molecule has 0 amide bonds. The Morgan fingerprint density at radius 3 is 2.61 bits per heavy atom. The fourth-order valence-electron chi connectivity index (χ4n) is 2.34. The molecule has 0 aromatic heterocycles. The summed E-state index contributed by atoms with van der Waals surface area (Å²) in [6, 6.07) is 4.15. The summed E-state index contributed by atoms with van der Waals surface area (Å²) in [5.74, 6) is 6.39. The Morgan fingerprint density at radius 1 is 1.39 bits per heavy atom. The predicted molar refractivity (Wildman–Crippen MR) is 66.5 cm³/mol. The molecule has 1 fully saturated rings. The summed E-state index contributed by atoms with van der Waals surface area (Å²) in [6.45, 7) is 0. The van der Waals surface area contributed by atoms with E-state index in [0.29, 0.717) is 17.2 Å². The number of rotatable bonds is 6. The van der Waals surface area contributed by atoms with Crippen molar-refractivity contribution in [1.29, 1.82) is 0 Å². The van der Waals surface area contributed by atoms with E-state index in [1.54, 1.807) is 20.3 Å². The van der Waals surface area contributed by atoms with Gasteiger partial charge in [0, 0.05) is 12.7 Å². The Bertz CT molecular complexity index is 410. The molecule has 0 heterocycles. The van der Waals surface area contributed by atoms with Gasteiger partial charge in [0.2, 0.25) is 0 Å². The predicted octanol–water partition coefficient (Wildman–Crippen LogP) is 1.76. The van der Waals surface area contributed by atoms with Crippen molar-refractivity contribution in [2.45, 2.75) is 25.0 Å². The number of nitrogens with one attached hydrogen (secondary N) is 1. The number of hydrogen-bond donors (Lipinski definition) is 2. The molecule has 1 aliphatic rings. The van der Waals surface area contributed by atoms with Crippen LogP contribution in [0.3, 0.4) is 0 Å². The van der Waals surface area contributed by atoms with Crippen molar-refractivity contribution in [3.8, 4) is 5.75 Å². The number of hydrogen-bond acceptors (Lipinski definition) is 4. The highest BCUT2D eigenvalue weighted by Crippen LogP contribution is 2.41. The molecule has 3 N–H and O–H groups in total. The first-order valence-electron chi connectivity index (χ1n) is 6.03. The minimum Gasteiger partial charge on any atom is -0.496 e. The Hall–Kier alpha value is -1.17. The van der Waals surface area contributed by atoms with Gasteiger partial charge in [-0.05, 0) is 37.0 Å². The van der Waals surface area contributed by atoms with Crippen LogP contribution in [0.5, 0.6) is 5.75 Å². The topological polar surface area (TPSA) is 56.5 Å². The first-order chi connectivity index (χ1) is 8.71. The lowest BCUT2D eigenvalue weighted by atomic mass is 9.97. The normalized spacial score (nSPS) is 18.4. The molecule has 2 atom stereocenters. The quantitative estimate of drug-likeness (QED) is 0.600. The zero-order valence-corrected chi connectivity index (χ0v) is 10.7. The van der Waals surface area contributed by atoms with Gasteiger partial charge < -0.3 is 9.47 Å². The molecule has 1 aromatic rings. The van der Waals surface area contributed by atoms with E-state index in [2.05, 4.69) is 5.43 Å². The monoisotopic (exact) mass is 254 g/mol. The van der Waals surface area contributed by atoms with E-state index < -0.39 is 0 Å². The van der Waals surface area contributed by atoms with E-state index in [-0.39, 0.29) is 18.0 Å². The van der Waals surface area contributed by atoms with Crippen molar-refractivity contribution >= 4 is 0 Å². The van der Waals surface area contributed by atoms with Crippen molar-refractivity contribution in [3.05, 3.63) is 29.6 Å². The lowest BCUT2D eigenvalue weighted by Gasteiger charge is -2.27. The van der Waals surface area contributed by atoms with Gasteiger partial charge in [0.1, 0.15) is 11.6 Å². The minimum atomic E-state index is -0.309. The second-order valence-electron chi connectivity index (χ2n) is 4.57. The highest BCUT2D eigenvalue weighted by molar-refractivity contribution is 5.37. The summed E-state index contributed by atoms with van der Waals surface area (Å²) in [6.07, 6.45) is 2.17. The standard InChI is InChI=1S/C13H19FN2O2/c1-17-11-6-5-9(14)7-10(11)12(16-15)13(18-2)8-3-4-8/h5-8,12-13,16H,3-4,15H2,1-2H3. The lowest BCUT2D eigenvalue weighted by molar-refractivity contribution is 0.0498. The summed E-state index contributed by atoms with van der Waals surface area (Å²) in [7, 11) is 3.21. The highest BCUT2D eigenvalue weighted by Gasteiger charge is 2.38. The van der Waals surface area contributed by atoms with E-state index in [0.717, 1.165) is 12.8 Å². The third kappa shape index (κ3) is 2.63. The molecule has 100 valence electrons. The van der Waals surface area contributed by atoms with Crippen LogP contribution in [0.4, 0.5) is 4.39 Å². The Morgan fingerprint density at radius 2 is 2.11 bits per heavy atom. The van der Waals surface area contributed by atoms with E-state index in [4.69, 9.17) is 15.3 Å². The van der Waals surface area contributed by atoms with Crippen LogP contribution in [0.25, 0.3) is 0 Å². The average molecular weight is 254 g/mol. The van der Waals surface area contributed by atoms with Crippen LogP contribution in [-0.4, -0.2) is 20.3 Å². The van der Waals surface area contributed by atoms with Gasteiger partial charge in [0.15, 0.2) is 0 Å². The van der Waals surface area contributed by atoms with Crippen LogP contribution >= 0.6 is 0 Å². The zero-order valence-electron chi connectivity index (χ0n) is 10.7. The summed E-state index contributed by atoms with van der Waals surface area (Å²) in [5.41, 5.74) is 3.41. The molecule has 1 aliphatic carbocycles. The maximum atomic E-state index is 13.4. The van der Waals surface area contributed by atoms with Crippen molar-refractivity contribution in [3.63, 3.8) is 0 Å². The molecular formula is C13H19FN2O2. The molecule has 18 heavy (non-hydrogen) atoms. The Labute approximate surface area is 106 Å². The number of benzene rings is 1. The van der Waals surface area contributed by atoms with Crippen molar-refractivity contribution in [1.82, 2.24) is 5.43 Å². The Balaban J connectivity index is 2.33. The zero-order chi connectivity index (χ0) is 13.1. The molecule has 0 saturated heterocycles. The molecular weight excluding hydrogens is 235 g/mol. The molecule has 1 saturated carbocycles. The molecule has 5 heteroatoms. The minimum absolute atomic E-state index is 0.0642. The first kappa shape index (κ1) is 13.3. The molecule has 0 aliphatic heterocycles. The SMILES string of the molecule is COc1ccc(F)cc1C(NN)C(OC)C1CC1. The molecule has 0 radical (unpaired) electrons. The number of methoxy groups -OCH3 is 2. The average Bonchev–Trinajstić information content (AvgIpc) is 3.20. The van der Waals surface area contributed by atoms with E-state index >= 15 is 0 Å². The third-order valence-corrected chi connectivity index (χ3v) is 3.39. The van der Waals surface area contributed by atoms with E-state index in [1.807, 2.05) is 0 Å². The maximum Gasteiger partial charge on any atom is 0.123 e. The summed E-state index contributed by atoms with van der Waals surface area (Å²) in [4.78, 5) is 0. The van der Waals surface area contributed by atoms with Gasteiger partial charge in [0.25, 0.3) is 0 Å². The van der Waals surface area contributed by atoms with E-state index in [1.165, 1.54) is 12.1 Å². The van der Waals surface area contributed by atoms with Crippen LogP contribution < -0.4 is 16.0 Å². The van der Waals surface area contributed by atoms with Crippen molar-refractivity contribution < 1.29 is 13.9 Å². The third-order valence-electron chi connectivity index (χ3n) is 3.39. The number of halogens is 1. The van der Waals surface area contributed by atoms with Gasteiger partial charge in [-0.25, -0.2) is 4.39 Å². The maximum absolute atomic E-state index is 13.4. The molecule has 2 rings (SSSR count). The highest BCUT2D eigenvalue weighted by atomic mass is 19.1. The van der Waals surface area contributed by atoms with Gasteiger partial charge in [-0.1, -0.05) is 0 Å². The van der Waals surface area contributed by atoms with Gasteiger partial charge in [-0.15, -0.1) is 0 Å². The summed E-state index contributed by atoms with van der Waals surface area (Å²) in [5, 5.41) is 0. The van der Waals surface area contributed by atoms with Crippen LogP contribution in [0, 0.1) is 11.7 Å². The number of hydrazine groups is 1. The van der Waals surface area contributed by atoms with Gasteiger partial charge in [0.05, 0.1) is 19.3 Å². The number of nitrogens with two attached hydrogens (primary N) is 1.